The number of nitrogens with zero attached hydrogens (tertiary/aromatic N) is 1. The van der Waals surface area contributed by atoms with Gasteiger partial charge in [-0.15, -0.1) is 11.8 Å². The van der Waals surface area contributed by atoms with Crippen molar-refractivity contribution in [2.45, 2.75) is 19.1 Å². The van der Waals surface area contributed by atoms with Gasteiger partial charge < -0.3 is 10.2 Å². The molecule has 0 aliphatic heterocycles. The maximum absolute atomic E-state index is 12.7. The minimum absolute atomic E-state index is 0.0244. The first-order valence-corrected chi connectivity index (χ1v) is 11.6. The molecule has 5 heteroatoms. The zero-order chi connectivity index (χ0) is 22.1. The monoisotopic (exact) mass is 432 g/mol. The third-order valence-corrected chi connectivity index (χ3v) is 6.34. The van der Waals surface area contributed by atoms with Crippen molar-refractivity contribution in [3.63, 3.8) is 0 Å². The first kappa shape index (κ1) is 22.6. The first-order valence-electron chi connectivity index (χ1n) is 10.5. The number of benzene rings is 3. The lowest BCUT2D eigenvalue weighted by atomic mass is 10.0. The Bertz CT molecular complexity index is 949. The molecule has 0 spiro atoms. The number of thioether (sulfide) groups is 1. The molecule has 0 aromatic heterocycles. The molecule has 0 radical (unpaired) electrons. The fourth-order valence-corrected chi connectivity index (χ4v) is 4.51. The zero-order valence-electron chi connectivity index (χ0n) is 18.0. The Kier molecular flexibility index (Phi) is 8.30. The highest BCUT2D eigenvalue weighted by Crippen LogP contribution is 2.35. The van der Waals surface area contributed by atoms with E-state index in [2.05, 4.69) is 29.6 Å². The van der Waals surface area contributed by atoms with Gasteiger partial charge in [0.1, 0.15) is 0 Å². The number of anilines is 1. The van der Waals surface area contributed by atoms with Gasteiger partial charge in [-0.1, -0.05) is 66.7 Å². The van der Waals surface area contributed by atoms with Crippen molar-refractivity contribution in [3.05, 3.63) is 102 Å². The third kappa shape index (κ3) is 6.22. The number of hydrogen-bond donors (Lipinski definition) is 1. The molecule has 0 fully saturated rings. The van der Waals surface area contributed by atoms with Crippen molar-refractivity contribution < 1.29 is 9.59 Å². The van der Waals surface area contributed by atoms with Crippen LogP contribution in [0.2, 0.25) is 0 Å². The van der Waals surface area contributed by atoms with Gasteiger partial charge in [0.05, 0.1) is 11.0 Å². The number of hydrogen-bond acceptors (Lipinski definition) is 3. The van der Waals surface area contributed by atoms with E-state index in [1.165, 1.54) is 11.1 Å². The van der Waals surface area contributed by atoms with Crippen molar-refractivity contribution in [2.75, 3.05) is 24.2 Å². The Morgan fingerprint density at radius 2 is 1.42 bits per heavy atom. The SMILES string of the molecule is CCN(CC)C(=O)c1cccc(NC(=O)CSC(c2ccccc2)c2ccccc2)c1. The second-order valence-electron chi connectivity index (χ2n) is 7.12. The molecule has 0 saturated heterocycles. The summed E-state index contributed by atoms with van der Waals surface area (Å²) in [6.07, 6.45) is 0. The molecule has 0 heterocycles. The quantitative estimate of drug-likeness (QED) is 0.477. The van der Waals surface area contributed by atoms with Crippen molar-refractivity contribution in [3.8, 4) is 0 Å². The van der Waals surface area contributed by atoms with Crippen molar-refractivity contribution in [1.82, 2.24) is 4.90 Å². The molecule has 31 heavy (non-hydrogen) atoms. The molecule has 3 rings (SSSR count). The molecule has 0 atom stereocenters. The minimum Gasteiger partial charge on any atom is -0.339 e. The summed E-state index contributed by atoms with van der Waals surface area (Å²) in [5.41, 5.74) is 3.55. The summed E-state index contributed by atoms with van der Waals surface area (Å²) < 4.78 is 0. The van der Waals surface area contributed by atoms with Gasteiger partial charge in [-0.3, -0.25) is 9.59 Å². The molecule has 160 valence electrons. The predicted octanol–water partition coefficient (Wildman–Crippen LogP) is 5.63. The predicted molar refractivity (Wildman–Crippen MR) is 130 cm³/mol. The van der Waals surface area contributed by atoms with Crippen LogP contribution in [0.15, 0.2) is 84.9 Å². The lowest BCUT2D eigenvalue weighted by molar-refractivity contribution is -0.113. The second kappa shape index (κ2) is 11.4. The lowest BCUT2D eigenvalue weighted by Crippen LogP contribution is -2.30. The molecule has 0 bridgehead atoms. The second-order valence-corrected chi connectivity index (χ2v) is 8.21. The third-order valence-electron chi connectivity index (χ3n) is 5.03. The maximum atomic E-state index is 12.7. The van der Waals surface area contributed by atoms with Crippen molar-refractivity contribution in [1.29, 1.82) is 0 Å². The van der Waals surface area contributed by atoms with E-state index in [4.69, 9.17) is 0 Å². The van der Waals surface area contributed by atoms with Gasteiger partial charge in [0, 0.05) is 24.3 Å². The fourth-order valence-electron chi connectivity index (χ4n) is 3.42. The molecular weight excluding hydrogens is 404 g/mol. The Morgan fingerprint density at radius 3 is 1.97 bits per heavy atom. The molecular formula is C26H28N2O2S. The average molecular weight is 433 g/mol. The normalized spacial score (nSPS) is 10.7. The van der Waals surface area contributed by atoms with Crippen LogP contribution >= 0.6 is 11.8 Å². The Labute approximate surface area is 188 Å². The Balaban J connectivity index is 1.67. The number of nitrogens with one attached hydrogen (secondary N) is 1. The number of carbonyl (C=O) groups is 2. The van der Waals surface area contributed by atoms with E-state index >= 15 is 0 Å². The molecule has 1 N–H and O–H groups in total. The molecule has 3 aromatic rings. The average Bonchev–Trinajstić information content (AvgIpc) is 2.81. The summed E-state index contributed by atoms with van der Waals surface area (Å²) in [6.45, 7) is 5.23. The summed E-state index contributed by atoms with van der Waals surface area (Å²) in [7, 11) is 0. The van der Waals surface area contributed by atoms with Gasteiger partial charge in [-0.25, -0.2) is 0 Å². The summed E-state index contributed by atoms with van der Waals surface area (Å²) in [6, 6.07) is 27.6. The van der Waals surface area contributed by atoms with E-state index in [0.717, 1.165) is 0 Å². The van der Waals surface area contributed by atoms with Crippen LogP contribution in [0.1, 0.15) is 40.6 Å². The molecule has 0 saturated carbocycles. The number of rotatable bonds is 9. The van der Waals surface area contributed by atoms with Gasteiger partial charge in [0.2, 0.25) is 5.91 Å². The van der Waals surface area contributed by atoms with Crippen molar-refractivity contribution in [2.24, 2.45) is 0 Å². The van der Waals surface area contributed by atoms with Crippen LogP contribution in [0.4, 0.5) is 5.69 Å². The Morgan fingerprint density at radius 1 is 0.839 bits per heavy atom. The lowest BCUT2D eigenvalue weighted by Gasteiger charge is -2.19. The van der Waals surface area contributed by atoms with Crippen LogP contribution < -0.4 is 5.32 Å². The highest BCUT2D eigenvalue weighted by atomic mass is 32.2. The van der Waals surface area contributed by atoms with Crippen LogP contribution in [-0.2, 0) is 4.79 Å². The van der Waals surface area contributed by atoms with E-state index < -0.39 is 0 Å². The van der Waals surface area contributed by atoms with Crippen LogP contribution in [0.3, 0.4) is 0 Å². The van der Waals surface area contributed by atoms with E-state index in [1.54, 1.807) is 34.9 Å². The van der Waals surface area contributed by atoms with E-state index in [0.29, 0.717) is 30.1 Å². The Hall–Kier alpha value is -3.05. The summed E-state index contributed by atoms with van der Waals surface area (Å²) >= 11 is 1.59. The summed E-state index contributed by atoms with van der Waals surface area (Å²) in [4.78, 5) is 27.0. The van der Waals surface area contributed by atoms with Gasteiger partial charge in [0.15, 0.2) is 0 Å². The number of amides is 2. The summed E-state index contributed by atoms with van der Waals surface area (Å²) in [5, 5.41) is 3.01. The first-order chi connectivity index (χ1) is 15.1. The van der Waals surface area contributed by atoms with Crippen LogP contribution in [0.25, 0.3) is 0 Å². The standard InChI is InChI=1S/C26H28N2O2S/c1-3-28(4-2)26(30)22-16-11-17-23(18-22)27-24(29)19-31-25(20-12-7-5-8-13-20)21-14-9-6-10-15-21/h5-18,25H,3-4,19H2,1-2H3,(H,27,29). The summed E-state index contributed by atoms with van der Waals surface area (Å²) in [5.74, 6) is 0.195. The molecule has 0 aliphatic carbocycles. The van der Waals surface area contributed by atoms with Gasteiger partial charge in [-0.2, -0.15) is 0 Å². The molecule has 3 aromatic carbocycles. The highest BCUT2D eigenvalue weighted by molar-refractivity contribution is 8.00. The largest absolute Gasteiger partial charge is 0.339 e. The minimum atomic E-state index is -0.0886. The molecule has 4 nitrogen and oxygen atoms in total. The highest BCUT2D eigenvalue weighted by Gasteiger charge is 2.17. The molecule has 0 aliphatic rings. The molecule has 0 unspecified atom stereocenters. The number of carbonyl (C=O) groups excluding carboxylic acids is 2. The van der Waals surface area contributed by atoms with Gasteiger partial charge in [0.25, 0.3) is 5.91 Å². The smallest absolute Gasteiger partial charge is 0.253 e. The topological polar surface area (TPSA) is 49.4 Å². The van der Waals surface area contributed by atoms with Crippen LogP contribution in [0.5, 0.6) is 0 Å². The van der Waals surface area contributed by atoms with E-state index in [9.17, 15) is 9.59 Å². The zero-order valence-corrected chi connectivity index (χ0v) is 18.8. The molecule has 2 amide bonds. The van der Waals surface area contributed by atoms with E-state index in [1.807, 2.05) is 56.3 Å². The van der Waals surface area contributed by atoms with E-state index in [-0.39, 0.29) is 17.1 Å². The fraction of sp³-hybridized carbons (Fsp3) is 0.231. The van der Waals surface area contributed by atoms with Crippen LogP contribution in [-0.4, -0.2) is 35.6 Å². The van der Waals surface area contributed by atoms with Gasteiger partial charge in [-0.05, 0) is 43.2 Å². The maximum Gasteiger partial charge on any atom is 0.253 e. The van der Waals surface area contributed by atoms with Crippen molar-refractivity contribution >= 4 is 29.3 Å². The van der Waals surface area contributed by atoms with Gasteiger partial charge >= 0.3 is 0 Å². The van der Waals surface area contributed by atoms with Crippen LogP contribution in [0, 0.1) is 0 Å².